The van der Waals surface area contributed by atoms with Gasteiger partial charge in [-0.15, -0.1) is 0 Å². The lowest BCUT2D eigenvalue weighted by Gasteiger charge is -2.36. The number of amides is 1. The van der Waals surface area contributed by atoms with Crippen LogP contribution in [0.4, 0.5) is 5.69 Å². The number of carbonyl (C=O) groups excluding carboxylic acids is 1. The van der Waals surface area contributed by atoms with Crippen molar-refractivity contribution in [3.63, 3.8) is 0 Å². The average molecular weight is 456 g/mol. The summed E-state index contributed by atoms with van der Waals surface area (Å²) in [4.78, 5) is 14.6. The van der Waals surface area contributed by atoms with E-state index in [4.69, 9.17) is 23.2 Å². The fourth-order valence-corrected chi connectivity index (χ4v) is 5.44. The minimum Gasteiger partial charge on any atom is -0.325 e. The molecule has 2 aromatic rings. The van der Waals surface area contributed by atoms with Gasteiger partial charge in [0.15, 0.2) is 0 Å². The molecule has 0 spiro atoms. The number of rotatable bonds is 5. The third kappa shape index (κ3) is 5.10. The fraction of sp³-hybridized carbons (Fsp3) is 0.350. The Morgan fingerprint density at radius 2 is 1.76 bits per heavy atom. The average Bonchev–Trinajstić information content (AvgIpc) is 2.69. The summed E-state index contributed by atoms with van der Waals surface area (Å²) >= 11 is 12.0. The maximum atomic E-state index is 12.9. The molecule has 2 aromatic carbocycles. The van der Waals surface area contributed by atoms with Crippen LogP contribution in [0.2, 0.25) is 10.0 Å². The van der Waals surface area contributed by atoms with Gasteiger partial charge in [-0.1, -0.05) is 35.3 Å². The largest absolute Gasteiger partial charge is 0.325 e. The van der Waals surface area contributed by atoms with E-state index in [0.717, 1.165) is 11.3 Å². The highest BCUT2D eigenvalue weighted by Gasteiger charge is 2.33. The molecule has 1 atom stereocenters. The molecule has 1 fully saturated rings. The SMILES string of the molecule is Cc1cccc(NC(=O)C(C)N2CCN(S(=O)(=O)c3cc(Cl)ccc3Cl)CC2)c1. The molecule has 1 aliphatic heterocycles. The van der Waals surface area contributed by atoms with E-state index in [1.54, 1.807) is 6.07 Å². The normalized spacial score (nSPS) is 17.1. The van der Waals surface area contributed by atoms with Crippen molar-refractivity contribution in [2.75, 3.05) is 31.5 Å². The molecule has 1 amide bonds. The summed E-state index contributed by atoms with van der Waals surface area (Å²) in [5.74, 6) is -0.121. The smallest absolute Gasteiger partial charge is 0.244 e. The highest BCUT2D eigenvalue weighted by Crippen LogP contribution is 2.28. The quantitative estimate of drug-likeness (QED) is 0.746. The van der Waals surface area contributed by atoms with Gasteiger partial charge in [0, 0.05) is 36.9 Å². The van der Waals surface area contributed by atoms with Gasteiger partial charge in [-0.25, -0.2) is 8.42 Å². The van der Waals surface area contributed by atoms with E-state index in [1.165, 1.54) is 16.4 Å². The van der Waals surface area contributed by atoms with Gasteiger partial charge >= 0.3 is 0 Å². The van der Waals surface area contributed by atoms with Crippen molar-refractivity contribution in [3.05, 3.63) is 58.1 Å². The predicted octanol–water partition coefficient (Wildman–Crippen LogP) is 3.64. The molecule has 1 saturated heterocycles. The van der Waals surface area contributed by atoms with E-state index >= 15 is 0 Å². The second kappa shape index (κ2) is 9.02. The second-order valence-electron chi connectivity index (χ2n) is 7.05. The van der Waals surface area contributed by atoms with Gasteiger partial charge < -0.3 is 5.32 Å². The summed E-state index contributed by atoms with van der Waals surface area (Å²) in [6, 6.07) is 11.6. The molecule has 0 saturated carbocycles. The molecule has 29 heavy (non-hydrogen) atoms. The van der Waals surface area contributed by atoms with Crippen molar-refractivity contribution < 1.29 is 13.2 Å². The third-order valence-corrected chi connectivity index (χ3v) is 7.61. The monoisotopic (exact) mass is 455 g/mol. The molecule has 3 rings (SSSR count). The van der Waals surface area contributed by atoms with Crippen LogP contribution >= 0.6 is 23.2 Å². The van der Waals surface area contributed by atoms with Crippen LogP contribution in [0.25, 0.3) is 0 Å². The second-order valence-corrected chi connectivity index (χ2v) is 9.80. The Morgan fingerprint density at radius 3 is 2.41 bits per heavy atom. The molecule has 9 heteroatoms. The van der Waals surface area contributed by atoms with Crippen molar-refractivity contribution in [2.45, 2.75) is 24.8 Å². The first-order chi connectivity index (χ1) is 13.7. The first-order valence-electron chi connectivity index (χ1n) is 9.25. The molecular formula is C20H23Cl2N3O3S. The van der Waals surface area contributed by atoms with E-state index < -0.39 is 10.0 Å². The molecule has 0 radical (unpaired) electrons. The highest BCUT2D eigenvalue weighted by atomic mass is 35.5. The van der Waals surface area contributed by atoms with Gasteiger partial charge in [0.1, 0.15) is 4.90 Å². The molecule has 6 nitrogen and oxygen atoms in total. The summed E-state index contributed by atoms with van der Waals surface area (Å²) in [5.41, 5.74) is 1.81. The molecule has 1 N–H and O–H groups in total. The number of piperazine rings is 1. The summed E-state index contributed by atoms with van der Waals surface area (Å²) in [6.07, 6.45) is 0. The van der Waals surface area contributed by atoms with Gasteiger partial charge in [0.05, 0.1) is 11.1 Å². The van der Waals surface area contributed by atoms with Crippen molar-refractivity contribution in [1.29, 1.82) is 0 Å². The van der Waals surface area contributed by atoms with E-state index in [9.17, 15) is 13.2 Å². The molecule has 1 heterocycles. The van der Waals surface area contributed by atoms with E-state index in [0.29, 0.717) is 18.1 Å². The summed E-state index contributed by atoms with van der Waals surface area (Å²) in [6.45, 7) is 5.22. The molecule has 1 aliphatic rings. The maximum absolute atomic E-state index is 12.9. The number of hydrogen-bond donors (Lipinski definition) is 1. The number of halogens is 2. The lowest BCUT2D eigenvalue weighted by atomic mass is 10.2. The number of hydrogen-bond acceptors (Lipinski definition) is 4. The number of aryl methyl sites for hydroxylation is 1. The van der Waals surface area contributed by atoms with Crippen LogP contribution in [0.15, 0.2) is 47.4 Å². The molecule has 1 unspecified atom stereocenters. The zero-order valence-corrected chi connectivity index (χ0v) is 18.6. The standard InChI is InChI=1S/C20H23Cl2N3O3S/c1-14-4-3-5-17(12-14)23-20(26)15(2)24-8-10-25(11-9-24)29(27,28)19-13-16(21)6-7-18(19)22/h3-7,12-13,15H,8-11H2,1-2H3,(H,23,26). The number of benzene rings is 2. The minimum atomic E-state index is -3.75. The fourth-order valence-electron chi connectivity index (χ4n) is 3.28. The Labute approximate surface area is 181 Å². The first-order valence-corrected chi connectivity index (χ1v) is 11.4. The van der Waals surface area contributed by atoms with Crippen LogP contribution < -0.4 is 5.32 Å². The number of anilines is 1. The van der Waals surface area contributed by atoms with Crippen molar-refractivity contribution >= 4 is 44.8 Å². The molecule has 156 valence electrons. The zero-order valence-electron chi connectivity index (χ0n) is 16.2. The van der Waals surface area contributed by atoms with Crippen LogP contribution in [0.3, 0.4) is 0 Å². The molecule has 0 aromatic heterocycles. The van der Waals surface area contributed by atoms with Gasteiger partial charge in [-0.3, -0.25) is 9.69 Å². The van der Waals surface area contributed by atoms with Crippen LogP contribution in [-0.4, -0.2) is 55.8 Å². The van der Waals surface area contributed by atoms with E-state index in [2.05, 4.69) is 5.32 Å². The van der Waals surface area contributed by atoms with Crippen molar-refractivity contribution in [3.8, 4) is 0 Å². The van der Waals surface area contributed by atoms with Crippen LogP contribution in [0, 0.1) is 6.92 Å². The number of carbonyl (C=O) groups is 1. The topological polar surface area (TPSA) is 69.7 Å². The van der Waals surface area contributed by atoms with Crippen LogP contribution in [0.5, 0.6) is 0 Å². The number of sulfonamides is 1. The zero-order chi connectivity index (χ0) is 21.2. The number of nitrogens with zero attached hydrogens (tertiary/aromatic N) is 2. The maximum Gasteiger partial charge on any atom is 0.244 e. The van der Waals surface area contributed by atoms with Gasteiger partial charge in [0.25, 0.3) is 0 Å². The Morgan fingerprint density at radius 1 is 1.07 bits per heavy atom. The summed E-state index contributed by atoms with van der Waals surface area (Å²) < 4.78 is 27.2. The Bertz CT molecular complexity index is 1010. The van der Waals surface area contributed by atoms with E-state index in [-0.39, 0.29) is 35.0 Å². The molecule has 0 aliphatic carbocycles. The predicted molar refractivity (Wildman–Crippen MR) is 116 cm³/mol. The van der Waals surface area contributed by atoms with Crippen LogP contribution in [-0.2, 0) is 14.8 Å². The van der Waals surface area contributed by atoms with Crippen LogP contribution in [0.1, 0.15) is 12.5 Å². The third-order valence-electron chi connectivity index (χ3n) is 5.00. The first kappa shape index (κ1) is 22.1. The van der Waals surface area contributed by atoms with E-state index in [1.807, 2.05) is 43.0 Å². The van der Waals surface area contributed by atoms with Gasteiger partial charge in [-0.2, -0.15) is 4.31 Å². The summed E-state index contributed by atoms with van der Waals surface area (Å²) in [5, 5.41) is 3.37. The summed E-state index contributed by atoms with van der Waals surface area (Å²) in [7, 11) is -3.75. The minimum absolute atomic E-state index is 0.00496. The Kier molecular flexibility index (Phi) is 6.86. The van der Waals surface area contributed by atoms with Crippen molar-refractivity contribution in [1.82, 2.24) is 9.21 Å². The van der Waals surface area contributed by atoms with Crippen molar-refractivity contribution in [2.24, 2.45) is 0 Å². The van der Waals surface area contributed by atoms with Gasteiger partial charge in [0.2, 0.25) is 15.9 Å². The lowest BCUT2D eigenvalue weighted by Crippen LogP contribution is -2.53. The molecule has 0 bridgehead atoms. The Hall–Kier alpha value is -1.64. The highest BCUT2D eigenvalue weighted by molar-refractivity contribution is 7.89. The van der Waals surface area contributed by atoms with Gasteiger partial charge in [-0.05, 0) is 49.7 Å². The Balaban J connectivity index is 1.63. The number of nitrogens with one attached hydrogen (secondary N) is 1. The molecular weight excluding hydrogens is 433 g/mol. The lowest BCUT2D eigenvalue weighted by molar-refractivity contribution is -0.121.